The second-order valence-corrected chi connectivity index (χ2v) is 3.53. The summed E-state index contributed by atoms with van der Waals surface area (Å²) in [6.07, 6.45) is 4.04. The quantitative estimate of drug-likeness (QED) is 0.707. The van der Waals surface area contributed by atoms with Crippen molar-refractivity contribution in [1.82, 2.24) is 4.98 Å². The van der Waals surface area contributed by atoms with Gasteiger partial charge in [0.25, 0.3) is 0 Å². The number of hydrogen-bond donors (Lipinski definition) is 0. The lowest BCUT2D eigenvalue weighted by atomic mass is 10.2. The molecule has 0 saturated heterocycles. The lowest BCUT2D eigenvalue weighted by molar-refractivity contribution is 0.313. The number of nitrogens with zero attached hydrogens (tertiary/aromatic N) is 1. The Morgan fingerprint density at radius 1 is 1.20 bits per heavy atom. The van der Waals surface area contributed by atoms with Crippen molar-refractivity contribution in [1.29, 1.82) is 0 Å². The van der Waals surface area contributed by atoms with Crippen LogP contribution >= 0.6 is 0 Å². The average Bonchev–Trinajstić information content (AvgIpc) is 2.30. The van der Waals surface area contributed by atoms with E-state index < -0.39 is 0 Å². The Bertz CT molecular complexity index is 434. The van der Waals surface area contributed by atoms with Crippen LogP contribution < -0.4 is 4.74 Å². The predicted octanol–water partition coefficient (Wildman–Crippen LogP) is 3.41. The van der Waals surface area contributed by atoms with Crippen LogP contribution in [0.2, 0.25) is 0 Å². The van der Waals surface area contributed by atoms with Crippen LogP contribution in [-0.2, 0) is 0 Å². The molecule has 2 nitrogen and oxygen atoms in total. The first kappa shape index (κ1) is 9.97. The van der Waals surface area contributed by atoms with Crippen LogP contribution in [0.5, 0.6) is 5.75 Å². The van der Waals surface area contributed by atoms with Crippen LogP contribution in [0.1, 0.15) is 19.8 Å². The summed E-state index contributed by atoms with van der Waals surface area (Å²) in [7, 11) is 0. The molecule has 0 aliphatic heterocycles. The van der Waals surface area contributed by atoms with Crippen LogP contribution in [0.4, 0.5) is 0 Å². The van der Waals surface area contributed by atoms with Crippen LogP contribution in [-0.4, -0.2) is 11.6 Å². The Kier molecular flexibility index (Phi) is 3.18. The van der Waals surface area contributed by atoms with E-state index in [2.05, 4.69) is 11.9 Å². The number of para-hydroxylation sites is 1. The van der Waals surface area contributed by atoms with Crippen LogP contribution in [0, 0.1) is 0 Å². The summed E-state index contributed by atoms with van der Waals surface area (Å²) in [5.41, 5.74) is 0.992. The summed E-state index contributed by atoms with van der Waals surface area (Å²) in [5.74, 6) is 0.939. The predicted molar refractivity (Wildman–Crippen MR) is 62.1 cm³/mol. The van der Waals surface area contributed by atoms with Crippen molar-refractivity contribution in [2.75, 3.05) is 6.61 Å². The molecular formula is C13H15NO. The first-order chi connectivity index (χ1) is 7.42. The minimum atomic E-state index is 0.782. The van der Waals surface area contributed by atoms with Crippen molar-refractivity contribution in [3.63, 3.8) is 0 Å². The summed E-state index contributed by atoms with van der Waals surface area (Å²) in [6.45, 7) is 2.94. The van der Waals surface area contributed by atoms with Gasteiger partial charge in [0.05, 0.1) is 12.1 Å². The van der Waals surface area contributed by atoms with Gasteiger partial charge in [-0.3, -0.25) is 4.98 Å². The van der Waals surface area contributed by atoms with Crippen molar-refractivity contribution in [3.8, 4) is 5.75 Å². The van der Waals surface area contributed by atoms with Gasteiger partial charge in [-0.15, -0.1) is 0 Å². The molecule has 0 bridgehead atoms. The molecule has 2 rings (SSSR count). The Hall–Kier alpha value is -1.57. The smallest absolute Gasteiger partial charge is 0.130 e. The number of ether oxygens (including phenoxy) is 1. The molecule has 0 saturated carbocycles. The van der Waals surface area contributed by atoms with Gasteiger partial charge in [-0.2, -0.15) is 0 Å². The van der Waals surface area contributed by atoms with E-state index in [0.717, 1.165) is 36.1 Å². The summed E-state index contributed by atoms with van der Waals surface area (Å²) in [5, 5.41) is 1.09. The van der Waals surface area contributed by atoms with E-state index in [4.69, 9.17) is 4.74 Å². The Morgan fingerprint density at radius 3 is 2.93 bits per heavy atom. The molecule has 78 valence electrons. The Morgan fingerprint density at radius 2 is 2.07 bits per heavy atom. The van der Waals surface area contributed by atoms with E-state index in [1.54, 1.807) is 6.20 Å². The summed E-state index contributed by atoms with van der Waals surface area (Å²) in [4.78, 5) is 4.29. The highest BCUT2D eigenvalue weighted by molar-refractivity contribution is 5.84. The third-order valence-electron chi connectivity index (χ3n) is 2.36. The highest BCUT2D eigenvalue weighted by atomic mass is 16.5. The average molecular weight is 201 g/mol. The van der Waals surface area contributed by atoms with Crippen LogP contribution in [0.15, 0.2) is 36.5 Å². The van der Waals surface area contributed by atoms with Crippen molar-refractivity contribution in [3.05, 3.63) is 36.5 Å². The zero-order chi connectivity index (χ0) is 10.5. The monoisotopic (exact) mass is 201 g/mol. The molecule has 0 N–H and O–H groups in total. The van der Waals surface area contributed by atoms with Crippen molar-refractivity contribution < 1.29 is 4.74 Å². The largest absolute Gasteiger partial charge is 0.493 e. The van der Waals surface area contributed by atoms with E-state index >= 15 is 0 Å². The van der Waals surface area contributed by atoms with Gasteiger partial charge in [-0.1, -0.05) is 25.5 Å². The number of pyridine rings is 1. The lowest BCUT2D eigenvalue weighted by Gasteiger charge is -2.07. The maximum Gasteiger partial charge on any atom is 0.130 e. The van der Waals surface area contributed by atoms with Crippen molar-refractivity contribution in [2.45, 2.75) is 19.8 Å². The number of aromatic nitrogens is 1. The number of rotatable bonds is 4. The van der Waals surface area contributed by atoms with Gasteiger partial charge < -0.3 is 4.74 Å². The van der Waals surface area contributed by atoms with Gasteiger partial charge in [-0.05, 0) is 24.6 Å². The van der Waals surface area contributed by atoms with E-state index in [9.17, 15) is 0 Å². The molecule has 0 atom stereocenters. The molecule has 1 heterocycles. The minimum absolute atomic E-state index is 0.782. The van der Waals surface area contributed by atoms with E-state index in [0.29, 0.717) is 0 Å². The maximum atomic E-state index is 5.72. The maximum absolute atomic E-state index is 5.72. The second-order valence-electron chi connectivity index (χ2n) is 3.53. The molecule has 2 heteroatoms. The number of benzene rings is 1. The van der Waals surface area contributed by atoms with E-state index in [-0.39, 0.29) is 0 Å². The zero-order valence-electron chi connectivity index (χ0n) is 8.94. The molecule has 0 spiro atoms. The first-order valence-electron chi connectivity index (χ1n) is 5.38. The molecule has 0 unspecified atom stereocenters. The first-order valence-corrected chi connectivity index (χ1v) is 5.38. The minimum Gasteiger partial charge on any atom is -0.493 e. The van der Waals surface area contributed by atoms with Crippen molar-refractivity contribution in [2.24, 2.45) is 0 Å². The van der Waals surface area contributed by atoms with Gasteiger partial charge in [-0.25, -0.2) is 0 Å². The van der Waals surface area contributed by atoms with E-state index in [1.807, 2.05) is 30.3 Å². The number of fused-ring (bicyclic) bond motifs is 1. The SMILES string of the molecule is CCCCOc1ccnc2ccccc12. The summed E-state index contributed by atoms with van der Waals surface area (Å²) in [6, 6.07) is 9.98. The topological polar surface area (TPSA) is 22.1 Å². The Labute approximate surface area is 89.9 Å². The summed E-state index contributed by atoms with van der Waals surface area (Å²) < 4.78 is 5.72. The van der Waals surface area contributed by atoms with Gasteiger partial charge in [0.2, 0.25) is 0 Å². The van der Waals surface area contributed by atoms with Crippen LogP contribution in [0.3, 0.4) is 0 Å². The van der Waals surface area contributed by atoms with Gasteiger partial charge in [0.1, 0.15) is 5.75 Å². The molecule has 0 radical (unpaired) electrons. The molecule has 15 heavy (non-hydrogen) atoms. The second kappa shape index (κ2) is 4.78. The lowest BCUT2D eigenvalue weighted by Crippen LogP contribution is -1.97. The fourth-order valence-corrected chi connectivity index (χ4v) is 1.52. The molecule has 0 fully saturated rings. The zero-order valence-corrected chi connectivity index (χ0v) is 8.94. The van der Waals surface area contributed by atoms with Gasteiger partial charge in [0, 0.05) is 11.6 Å². The van der Waals surface area contributed by atoms with Crippen LogP contribution in [0.25, 0.3) is 10.9 Å². The van der Waals surface area contributed by atoms with Gasteiger partial charge >= 0.3 is 0 Å². The third kappa shape index (κ3) is 2.27. The highest BCUT2D eigenvalue weighted by Gasteiger charge is 2.00. The molecular weight excluding hydrogens is 186 g/mol. The molecule has 2 aromatic rings. The highest BCUT2D eigenvalue weighted by Crippen LogP contribution is 2.23. The molecule has 0 aliphatic carbocycles. The number of unbranched alkanes of at least 4 members (excludes halogenated alkanes) is 1. The van der Waals surface area contributed by atoms with Gasteiger partial charge in [0.15, 0.2) is 0 Å². The molecule has 1 aromatic carbocycles. The Balaban J connectivity index is 2.26. The fourth-order valence-electron chi connectivity index (χ4n) is 1.52. The van der Waals surface area contributed by atoms with E-state index in [1.165, 1.54) is 0 Å². The molecule has 0 aliphatic rings. The normalized spacial score (nSPS) is 10.5. The third-order valence-corrected chi connectivity index (χ3v) is 2.36. The standard InChI is InChI=1S/C13H15NO/c1-2-3-10-15-13-8-9-14-12-7-5-4-6-11(12)13/h4-9H,2-3,10H2,1H3. The summed E-state index contributed by atoms with van der Waals surface area (Å²) >= 11 is 0. The molecule has 1 aromatic heterocycles. The van der Waals surface area contributed by atoms with Crippen molar-refractivity contribution >= 4 is 10.9 Å². The number of hydrogen-bond acceptors (Lipinski definition) is 2. The molecule has 0 amide bonds. The fraction of sp³-hybridized carbons (Fsp3) is 0.308.